The number of hydrogen-bond donors (Lipinski definition) is 1. The lowest BCUT2D eigenvalue weighted by Crippen LogP contribution is -2.37. The average Bonchev–Trinajstić information content (AvgIpc) is 3.07. The SMILES string of the molecule is CCCn1c(=O)c2ccccc2n2c(SCC(=O)N[C@H](C)C(C)C)nnc12. The standard InChI is InChI=1S/C19H25N5O2S/c1-5-10-23-17(26)14-8-6-7-9-15(14)24-18(23)21-22-19(24)27-11-16(25)20-13(4)12(2)3/h6-9,12-13H,5,10-11H2,1-4H3,(H,20,25)/t13-/m1/s1. The minimum atomic E-state index is -0.0626. The molecule has 7 nitrogen and oxygen atoms in total. The molecule has 0 unspecified atom stereocenters. The maximum atomic E-state index is 12.8. The number of carbonyl (C=O) groups excluding carboxylic acids is 1. The van der Waals surface area contributed by atoms with Crippen LogP contribution in [-0.4, -0.2) is 36.9 Å². The summed E-state index contributed by atoms with van der Waals surface area (Å²) >= 11 is 1.33. The highest BCUT2D eigenvalue weighted by molar-refractivity contribution is 7.99. The van der Waals surface area contributed by atoms with E-state index in [2.05, 4.69) is 29.4 Å². The minimum absolute atomic E-state index is 0.0378. The molecule has 1 aromatic carbocycles. The summed E-state index contributed by atoms with van der Waals surface area (Å²) in [6.45, 7) is 8.73. The van der Waals surface area contributed by atoms with Crippen LogP contribution in [0.5, 0.6) is 0 Å². The van der Waals surface area contributed by atoms with E-state index < -0.39 is 0 Å². The van der Waals surface area contributed by atoms with Gasteiger partial charge in [0.2, 0.25) is 11.7 Å². The molecule has 0 radical (unpaired) electrons. The first-order valence-corrected chi connectivity index (χ1v) is 10.2. The largest absolute Gasteiger partial charge is 0.353 e. The summed E-state index contributed by atoms with van der Waals surface area (Å²) in [4.78, 5) is 25.0. The van der Waals surface area contributed by atoms with Crippen molar-refractivity contribution in [1.82, 2.24) is 24.5 Å². The van der Waals surface area contributed by atoms with Gasteiger partial charge in [-0.2, -0.15) is 0 Å². The Morgan fingerprint density at radius 3 is 2.67 bits per heavy atom. The normalized spacial score (nSPS) is 12.8. The number of thioether (sulfide) groups is 1. The Morgan fingerprint density at radius 1 is 1.22 bits per heavy atom. The van der Waals surface area contributed by atoms with Gasteiger partial charge in [0, 0.05) is 12.6 Å². The molecule has 0 saturated carbocycles. The summed E-state index contributed by atoms with van der Waals surface area (Å²) in [5.74, 6) is 1.10. The summed E-state index contributed by atoms with van der Waals surface area (Å²) in [5, 5.41) is 12.7. The molecule has 0 aliphatic heterocycles. The van der Waals surface area contributed by atoms with E-state index in [9.17, 15) is 9.59 Å². The lowest BCUT2D eigenvalue weighted by molar-refractivity contribution is -0.119. The molecule has 0 bridgehead atoms. The zero-order valence-electron chi connectivity index (χ0n) is 16.1. The predicted molar refractivity (Wildman–Crippen MR) is 108 cm³/mol. The third-order valence-corrected chi connectivity index (χ3v) is 5.58. The van der Waals surface area contributed by atoms with Gasteiger partial charge in [0.15, 0.2) is 5.16 Å². The molecule has 144 valence electrons. The van der Waals surface area contributed by atoms with Gasteiger partial charge in [-0.1, -0.05) is 44.7 Å². The highest BCUT2D eigenvalue weighted by Gasteiger charge is 2.18. The van der Waals surface area contributed by atoms with Crippen LogP contribution in [0.25, 0.3) is 16.7 Å². The third kappa shape index (κ3) is 3.85. The van der Waals surface area contributed by atoms with E-state index in [4.69, 9.17) is 0 Å². The van der Waals surface area contributed by atoms with Gasteiger partial charge in [-0.25, -0.2) is 0 Å². The number of hydrogen-bond acceptors (Lipinski definition) is 5. The molecule has 3 rings (SSSR count). The van der Waals surface area contributed by atoms with E-state index >= 15 is 0 Å². The predicted octanol–water partition coefficient (Wildman–Crippen LogP) is 2.71. The number of benzene rings is 1. The molecule has 8 heteroatoms. The van der Waals surface area contributed by atoms with Crippen LogP contribution in [0.1, 0.15) is 34.1 Å². The van der Waals surface area contributed by atoms with Crippen molar-refractivity contribution in [3.05, 3.63) is 34.6 Å². The van der Waals surface area contributed by atoms with Crippen molar-refractivity contribution >= 4 is 34.3 Å². The number of rotatable bonds is 7. The Labute approximate surface area is 162 Å². The fourth-order valence-corrected chi connectivity index (χ4v) is 3.60. The zero-order valence-corrected chi connectivity index (χ0v) is 16.9. The molecule has 0 fully saturated rings. The van der Waals surface area contributed by atoms with Crippen LogP contribution in [0.4, 0.5) is 0 Å². The summed E-state index contributed by atoms with van der Waals surface area (Å²) in [5.41, 5.74) is 0.695. The van der Waals surface area contributed by atoms with Gasteiger partial charge < -0.3 is 5.32 Å². The summed E-state index contributed by atoms with van der Waals surface area (Å²) in [7, 11) is 0. The van der Waals surface area contributed by atoms with Crippen LogP contribution < -0.4 is 10.9 Å². The van der Waals surface area contributed by atoms with Crippen molar-refractivity contribution < 1.29 is 4.79 Å². The number of aromatic nitrogens is 4. The highest BCUT2D eigenvalue weighted by Crippen LogP contribution is 2.21. The molecule has 0 saturated heterocycles. The lowest BCUT2D eigenvalue weighted by Gasteiger charge is -2.17. The zero-order chi connectivity index (χ0) is 19.6. The van der Waals surface area contributed by atoms with Crippen LogP contribution in [0.2, 0.25) is 0 Å². The van der Waals surface area contributed by atoms with Crippen molar-refractivity contribution in [2.45, 2.75) is 51.9 Å². The Morgan fingerprint density at radius 2 is 1.96 bits per heavy atom. The van der Waals surface area contributed by atoms with Crippen molar-refractivity contribution in [1.29, 1.82) is 0 Å². The van der Waals surface area contributed by atoms with E-state index in [0.717, 1.165) is 11.9 Å². The van der Waals surface area contributed by atoms with Crippen LogP contribution in [-0.2, 0) is 11.3 Å². The maximum Gasteiger partial charge on any atom is 0.262 e. The van der Waals surface area contributed by atoms with E-state index in [1.807, 2.05) is 42.5 Å². The fourth-order valence-electron chi connectivity index (χ4n) is 2.84. The number of nitrogens with zero attached hydrogens (tertiary/aromatic N) is 4. The number of para-hydroxylation sites is 1. The highest BCUT2D eigenvalue weighted by atomic mass is 32.2. The monoisotopic (exact) mass is 387 g/mol. The van der Waals surface area contributed by atoms with Crippen LogP contribution in [0.3, 0.4) is 0 Å². The Balaban J connectivity index is 1.98. The Bertz CT molecular complexity index is 1020. The van der Waals surface area contributed by atoms with Crippen LogP contribution in [0.15, 0.2) is 34.2 Å². The molecule has 2 aromatic heterocycles. The second-order valence-electron chi connectivity index (χ2n) is 6.98. The van der Waals surface area contributed by atoms with Crippen molar-refractivity contribution in [3.63, 3.8) is 0 Å². The molecular weight excluding hydrogens is 362 g/mol. The number of aryl methyl sites for hydroxylation is 1. The van der Waals surface area contributed by atoms with Gasteiger partial charge in [0.25, 0.3) is 5.56 Å². The molecule has 3 aromatic rings. The van der Waals surface area contributed by atoms with Crippen molar-refractivity contribution in [3.8, 4) is 0 Å². The average molecular weight is 388 g/mol. The van der Waals surface area contributed by atoms with Gasteiger partial charge in [-0.3, -0.25) is 18.6 Å². The second kappa shape index (κ2) is 8.12. The molecule has 27 heavy (non-hydrogen) atoms. The van der Waals surface area contributed by atoms with Gasteiger partial charge in [0.1, 0.15) is 0 Å². The summed E-state index contributed by atoms with van der Waals surface area (Å²) < 4.78 is 3.52. The van der Waals surface area contributed by atoms with Gasteiger partial charge in [-0.15, -0.1) is 10.2 Å². The van der Waals surface area contributed by atoms with Gasteiger partial charge in [-0.05, 0) is 31.4 Å². The van der Waals surface area contributed by atoms with E-state index in [1.165, 1.54) is 11.8 Å². The quantitative estimate of drug-likeness (QED) is 0.631. The van der Waals surface area contributed by atoms with Crippen LogP contribution in [0, 0.1) is 5.92 Å². The number of carbonyl (C=O) groups is 1. The van der Waals surface area contributed by atoms with Gasteiger partial charge in [0.05, 0.1) is 16.7 Å². The van der Waals surface area contributed by atoms with Crippen LogP contribution >= 0.6 is 11.8 Å². The molecular formula is C19H25N5O2S. The molecule has 1 N–H and O–H groups in total. The van der Waals surface area contributed by atoms with Crippen molar-refractivity contribution in [2.75, 3.05) is 5.75 Å². The third-order valence-electron chi connectivity index (χ3n) is 4.65. The second-order valence-corrected chi connectivity index (χ2v) is 7.92. The first-order chi connectivity index (χ1) is 12.9. The molecule has 1 atom stereocenters. The summed E-state index contributed by atoms with van der Waals surface area (Å²) in [6, 6.07) is 7.55. The van der Waals surface area contributed by atoms with E-state index in [0.29, 0.717) is 28.8 Å². The first-order valence-electron chi connectivity index (χ1n) is 9.22. The molecule has 2 heterocycles. The Kier molecular flexibility index (Phi) is 5.84. The Hall–Kier alpha value is -2.35. The number of fused-ring (bicyclic) bond motifs is 3. The minimum Gasteiger partial charge on any atom is -0.353 e. The number of amides is 1. The molecule has 1 amide bonds. The smallest absolute Gasteiger partial charge is 0.262 e. The number of nitrogens with one attached hydrogen (secondary N) is 1. The molecule has 0 aliphatic carbocycles. The van der Waals surface area contributed by atoms with Gasteiger partial charge >= 0.3 is 0 Å². The van der Waals surface area contributed by atoms with Crippen molar-refractivity contribution in [2.24, 2.45) is 5.92 Å². The van der Waals surface area contributed by atoms with E-state index in [1.54, 1.807) is 4.57 Å². The summed E-state index contributed by atoms with van der Waals surface area (Å²) in [6.07, 6.45) is 0.818. The topological polar surface area (TPSA) is 81.3 Å². The van der Waals surface area contributed by atoms with E-state index in [-0.39, 0.29) is 23.3 Å². The molecule has 0 spiro atoms. The maximum absolute atomic E-state index is 12.8. The molecule has 0 aliphatic rings. The fraction of sp³-hybridized carbons (Fsp3) is 0.474. The lowest BCUT2D eigenvalue weighted by atomic mass is 10.1. The first kappa shape index (κ1) is 19.4.